The van der Waals surface area contributed by atoms with E-state index >= 15 is 0 Å². The lowest BCUT2D eigenvalue weighted by Gasteiger charge is -2.14. The molecule has 1 aromatic heterocycles. The number of aromatic nitrogens is 1. The fourth-order valence-electron chi connectivity index (χ4n) is 3.78. The number of benzene rings is 1. The first-order valence-corrected chi connectivity index (χ1v) is 8.40. The third kappa shape index (κ3) is 2.99. The van der Waals surface area contributed by atoms with E-state index in [9.17, 15) is 9.90 Å². The Labute approximate surface area is 136 Å². The Hall–Kier alpha value is -1.85. The topological polar surface area (TPSA) is 71.5 Å². The van der Waals surface area contributed by atoms with Gasteiger partial charge in [0.1, 0.15) is 0 Å². The normalized spacial score (nSPS) is 15.6. The van der Waals surface area contributed by atoms with Gasteiger partial charge in [-0.3, -0.25) is 0 Å². The van der Waals surface area contributed by atoms with Crippen molar-refractivity contribution in [3.63, 3.8) is 0 Å². The van der Waals surface area contributed by atoms with Gasteiger partial charge in [0, 0.05) is 30.7 Å². The van der Waals surface area contributed by atoms with Crippen LogP contribution in [0.3, 0.4) is 0 Å². The Balaban J connectivity index is 2.04. The molecule has 5 nitrogen and oxygen atoms in total. The Morgan fingerprint density at radius 3 is 2.65 bits per heavy atom. The molecule has 3 N–H and O–H groups in total. The fourth-order valence-corrected chi connectivity index (χ4v) is 3.78. The molecule has 1 fully saturated rings. The molecular formula is C18H25N3O2. The van der Waals surface area contributed by atoms with Gasteiger partial charge in [0.05, 0.1) is 11.1 Å². The Morgan fingerprint density at radius 1 is 1.26 bits per heavy atom. The molecule has 1 aliphatic heterocycles. The lowest BCUT2D eigenvalue weighted by atomic mass is 10.1. The van der Waals surface area contributed by atoms with E-state index in [4.69, 9.17) is 5.73 Å². The molecule has 2 aromatic rings. The number of rotatable bonds is 6. The predicted molar refractivity (Wildman–Crippen MR) is 92.1 cm³/mol. The second-order valence-corrected chi connectivity index (χ2v) is 6.31. The van der Waals surface area contributed by atoms with E-state index in [0.717, 1.165) is 29.6 Å². The van der Waals surface area contributed by atoms with Crippen LogP contribution in [-0.2, 0) is 13.0 Å². The van der Waals surface area contributed by atoms with Crippen LogP contribution in [0.4, 0.5) is 0 Å². The third-order valence-corrected chi connectivity index (χ3v) is 4.93. The van der Waals surface area contributed by atoms with Crippen LogP contribution < -0.4 is 5.73 Å². The van der Waals surface area contributed by atoms with Gasteiger partial charge in [-0.15, -0.1) is 0 Å². The van der Waals surface area contributed by atoms with E-state index < -0.39 is 5.97 Å². The second-order valence-electron chi connectivity index (χ2n) is 6.31. The molecule has 1 saturated heterocycles. The zero-order valence-electron chi connectivity index (χ0n) is 13.7. The van der Waals surface area contributed by atoms with E-state index in [1.165, 1.54) is 31.5 Å². The molecule has 1 aliphatic rings. The summed E-state index contributed by atoms with van der Waals surface area (Å²) in [6.45, 7) is 6.64. The van der Waals surface area contributed by atoms with Crippen molar-refractivity contribution in [1.82, 2.24) is 9.47 Å². The van der Waals surface area contributed by atoms with Gasteiger partial charge in [0.2, 0.25) is 0 Å². The van der Waals surface area contributed by atoms with Gasteiger partial charge in [0.15, 0.2) is 0 Å². The number of carbonyl (C=O) groups is 1. The molecule has 0 unspecified atom stereocenters. The maximum Gasteiger partial charge on any atom is 0.337 e. The number of aromatic carboxylic acids is 1. The highest BCUT2D eigenvalue weighted by Crippen LogP contribution is 2.29. The molecule has 0 spiro atoms. The van der Waals surface area contributed by atoms with Gasteiger partial charge < -0.3 is 20.3 Å². The molecule has 0 bridgehead atoms. The third-order valence-electron chi connectivity index (χ3n) is 4.93. The Morgan fingerprint density at radius 2 is 2.00 bits per heavy atom. The number of carboxylic acids is 1. The minimum absolute atomic E-state index is 0.367. The summed E-state index contributed by atoms with van der Waals surface area (Å²) < 4.78 is 2.08. The molecule has 0 atom stereocenters. The summed E-state index contributed by atoms with van der Waals surface area (Å²) in [6, 6.07) is 5.57. The number of nitrogens with zero attached hydrogens (tertiary/aromatic N) is 2. The van der Waals surface area contributed by atoms with Crippen molar-refractivity contribution >= 4 is 16.9 Å². The fraction of sp³-hybridized carbons (Fsp3) is 0.500. The zero-order valence-corrected chi connectivity index (χ0v) is 13.7. The van der Waals surface area contributed by atoms with Gasteiger partial charge in [-0.1, -0.05) is 12.1 Å². The van der Waals surface area contributed by atoms with Crippen LogP contribution in [0.15, 0.2) is 18.2 Å². The van der Waals surface area contributed by atoms with Gasteiger partial charge in [-0.25, -0.2) is 4.79 Å². The minimum atomic E-state index is -0.877. The molecule has 1 aromatic carbocycles. The first-order chi connectivity index (χ1) is 11.1. The van der Waals surface area contributed by atoms with Crippen LogP contribution in [0.1, 0.15) is 34.5 Å². The van der Waals surface area contributed by atoms with E-state index in [0.29, 0.717) is 18.7 Å². The largest absolute Gasteiger partial charge is 0.478 e. The molecule has 2 heterocycles. The average Bonchev–Trinajstić information content (AvgIpc) is 3.13. The highest BCUT2D eigenvalue weighted by Gasteiger charge is 2.20. The van der Waals surface area contributed by atoms with Crippen LogP contribution in [0, 0.1) is 6.92 Å². The summed E-state index contributed by atoms with van der Waals surface area (Å²) in [5.41, 5.74) is 9.36. The Bertz CT molecular complexity index is 715. The van der Waals surface area contributed by atoms with Crippen molar-refractivity contribution in [1.29, 1.82) is 0 Å². The zero-order chi connectivity index (χ0) is 16.4. The second kappa shape index (κ2) is 6.72. The molecule has 0 saturated carbocycles. The summed E-state index contributed by atoms with van der Waals surface area (Å²) in [6.07, 6.45) is 3.54. The van der Waals surface area contributed by atoms with Crippen LogP contribution in [0.5, 0.6) is 0 Å². The van der Waals surface area contributed by atoms with Crippen molar-refractivity contribution in [2.75, 3.05) is 26.2 Å². The summed E-state index contributed by atoms with van der Waals surface area (Å²) in [5.74, 6) is -0.877. The Kier molecular flexibility index (Phi) is 4.68. The average molecular weight is 315 g/mol. The molecule has 0 aliphatic carbocycles. The number of hydrogen-bond acceptors (Lipinski definition) is 3. The first kappa shape index (κ1) is 16.0. The SMILES string of the molecule is Cc1c(CCN2CCCC2)c2cccc(C(=O)O)c2n1CCN. The molecule has 124 valence electrons. The number of likely N-dealkylation sites (tertiary alicyclic amines) is 1. The molecule has 0 amide bonds. The quantitative estimate of drug-likeness (QED) is 0.857. The monoisotopic (exact) mass is 315 g/mol. The number of carboxylic acid groups (broad SMARTS) is 1. The highest BCUT2D eigenvalue weighted by molar-refractivity contribution is 6.03. The number of nitrogens with two attached hydrogens (primary N) is 1. The van der Waals surface area contributed by atoms with Crippen LogP contribution in [0.25, 0.3) is 10.9 Å². The first-order valence-electron chi connectivity index (χ1n) is 8.40. The summed E-state index contributed by atoms with van der Waals surface area (Å²) in [7, 11) is 0. The smallest absolute Gasteiger partial charge is 0.337 e. The van der Waals surface area contributed by atoms with E-state index in [2.05, 4.69) is 16.4 Å². The van der Waals surface area contributed by atoms with E-state index in [1.807, 2.05) is 12.1 Å². The minimum Gasteiger partial charge on any atom is -0.478 e. The number of para-hydroxylation sites is 1. The van der Waals surface area contributed by atoms with Crippen molar-refractivity contribution in [3.8, 4) is 0 Å². The lowest BCUT2D eigenvalue weighted by molar-refractivity contribution is 0.0698. The molecule has 3 rings (SSSR count). The van der Waals surface area contributed by atoms with Gasteiger partial charge in [0.25, 0.3) is 0 Å². The molecule has 23 heavy (non-hydrogen) atoms. The van der Waals surface area contributed by atoms with E-state index in [-0.39, 0.29) is 0 Å². The maximum absolute atomic E-state index is 11.6. The lowest BCUT2D eigenvalue weighted by Crippen LogP contribution is -2.22. The van der Waals surface area contributed by atoms with E-state index in [1.54, 1.807) is 6.07 Å². The standard InChI is InChI=1S/C18H25N3O2/c1-13-14(7-11-20-9-2-3-10-20)15-5-4-6-16(18(22)23)17(15)21(13)12-8-19/h4-6H,2-3,7-12,19H2,1H3,(H,22,23). The maximum atomic E-state index is 11.6. The predicted octanol–water partition coefficient (Wildman–Crippen LogP) is 2.24. The summed E-state index contributed by atoms with van der Waals surface area (Å²) in [5, 5.41) is 10.6. The van der Waals surface area contributed by atoms with Crippen LogP contribution in [-0.4, -0.2) is 46.7 Å². The highest BCUT2D eigenvalue weighted by atomic mass is 16.4. The molecule has 0 radical (unpaired) electrons. The van der Waals surface area contributed by atoms with Crippen molar-refractivity contribution in [2.45, 2.75) is 32.7 Å². The molecule has 5 heteroatoms. The summed E-state index contributed by atoms with van der Waals surface area (Å²) in [4.78, 5) is 14.1. The number of hydrogen-bond donors (Lipinski definition) is 2. The van der Waals surface area contributed by atoms with Crippen molar-refractivity contribution in [3.05, 3.63) is 35.0 Å². The van der Waals surface area contributed by atoms with Gasteiger partial charge in [-0.05, 0) is 50.9 Å². The van der Waals surface area contributed by atoms with Crippen molar-refractivity contribution in [2.24, 2.45) is 5.73 Å². The number of fused-ring (bicyclic) bond motifs is 1. The molecular weight excluding hydrogens is 290 g/mol. The van der Waals surface area contributed by atoms with Gasteiger partial charge in [-0.2, -0.15) is 0 Å². The van der Waals surface area contributed by atoms with Crippen LogP contribution >= 0.6 is 0 Å². The van der Waals surface area contributed by atoms with Crippen molar-refractivity contribution < 1.29 is 9.90 Å². The summed E-state index contributed by atoms with van der Waals surface area (Å²) >= 11 is 0. The van der Waals surface area contributed by atoms with Gasteiger partial charge >= 0.3 is 5.97 Å². The van der Waals surface area contributed by atoms with Crippen LogP contribution in [0.2, 0.25) is 0 Å².